The van der Waals surface area contributed by atoms with Crippen LogP contribution in [-0.2, 0) is 0 Å². The van der Waals surface area contributed by atoms with Gasteiger partial charge in [-0.05, 0) is 13.0 Å². The Kier molecular flexibility index (Phi) is 2.31. The summed E-state index contributed by atoms with van der Waals surface area (Å²) in [6, 6.07) is 3.88. The average Bonchev–Trinajstić information content (AvgIpc) is 2.05. The number of aromatic nitrogens is 1. The Hall–Kier alpha value is -1.25. The summed E-state index contributed by atoms with van der Waals surface area (Å²) in [5, 5.41) is 2.94. The van der Waals surface area contributed by atoms with Gasteiger partial charge in [0.15, 0.2) is 0 Å². The van der Waals surface area contributed by atoms with Crippen LogP contribution < -0.4 is 10.1 Å². The molecule has 1 heterocycles. The van der Waals surface area contributed by atoms with E-state index in [0.717, 1.165) is 11.4 Å². The van der Waals surface area contributed by atoms with E-state index in [1.807, 2.05) is 26.1 Å². The van der Waals surface area contributed by atoms with E-state index in [9.17, 15) is 0 Å². The number of methoxy groups -OCH3 is 1. The fourth-order valence-electron chi connectivity index (χ4n) is 0.856. The Bertz CT molecular complexity index is 248. The highest BCUT2D eigenvalue weighted by Crippen LogP contribution is 2.16. The number of anilines is 1. The number of hydrogen-bond donors (Lipinski definition) is 1. The number of pyridine rings is 1. The molecule has 1 N–H and O–H groups in total. The van der Waals surface area contributed by atoms with Crippen molar-refractivity contribution in [3.63, 3.8) is 0 Å². The highest BCUT2D eigenvalue weighted by atomic mass is 16.5. The Balaban J connectivity index is 3.02. The molecule has 3 nitrogen and oxygen atoms in total. The zero-order valence-corrected chi connectivity index (χ0v) is 7.01. The molecule has 0 radical (unpaired) electrons. The Morgan fingerprint density at radius 1 is 1.45 bits per heavy atom. The molecule has 60 valence electrons. The van der Waals surface area contributed by atoms with Crippen LogP contribution in [0.4, 0.5) is 5.82 Å². The molecule has 0 amide bonds. The number of aryl methyl sites for hydroxylation is 1. The molecule has 1 aromatic heterocycles. The fraction of sp³-hybridized carbons (Fsp3) is 0.375. The summed E-state index contributed by atoms with van der Waals surface area (Å²) < 4.78 is 5.04. The molecule has 0 aromatic carbocycles. The van der Waals surface area contributed by atoms with E-state index >= 15 is 0 Å². The fourth-order valence-corrected chi connectivity index (χ4v) is 0.856. The summed E-state index contributed by atoms with van der Waals surface area (Å²) in [7, 11) is 3.45. The number of rotatable bonds is 2. The number of nitrogens with zero attached hydrogens (tertiary/aromatic N) is 1. The summed E-state index contributed by atoms with van der Waals surface area (Å²) >= 11 is 0. The van der Waals surface area contributed by atoms with Crippen molar-refractivity contribution in [2.24, 2.45) is 0 Å². The first kappa shape index (κ1) is 7.85. The average molecular weight is 152 g/mol. The van der Waals surface area contributed by atoms with Crippen molar-refractivity contribution in [3.8, 4) is 5.88 Å². The highest BCUT2D eigenvalue weighted by molar-refractivity contribution is 5.40. The van der Waals surface area contributed by atoms with E-state index in [4.69, 9.17) is 4.74 Å². The molecule has 0 aliphatic heterocycles. The van der Waals surface area contributed by atoms with Gasteiger partial charge in [0.2, 0.25) is 5.88 Å². The molecule has 0 aliphatic carbocycles. The van der Waals surface area contributed by atoms with Crippen molar-refractivity contribution in [3.05, 3.63) is 17.7 Å². The van der Waals surface area contributed by atoms with Gasteiger partial charge in [-0.15, -0.1) is 0 Å². The molecule has 1 rings (SSSR count). The third-order valence-electron chi connectivity index (χ3n) is 1.50. The SMILES string of the molecule is CNc1ccc(C)c(OC)n1. The maximum atomic E-state index is 5.04. The molecule has 0 saturated carbocycles. The smallest absolute Gasteiger partial charge is 0.217 e. The van der Waals surface area contributed by atoms with E-state index in [1.54, 1.807) is 7.11 Å². The lowest BCUT2D eigenvalue weighted by Gasteiger charge is -2.04. The third-order valence-corrected chi connectivity index (χ3v) is 1.50. The van der Waals surface area contributed by atoms with Gasteiger partial charge in [-0.1, -0.05) is 6.07 Å². The number of ether oxygens (including phenoxy) is 1. The van der Waals surface area contributed by atoms with Crippen LogP contribution in [-0.4, -0.2) is 19.1 Å². The lowest BCUT2D eigenvalue weighted by atomic mass is 10.3. The summed E-state index contributed by atoms with van der Waals surface area (Å²) in [5.41, 5.74) is 1.05. The quantitative estimate of drug-likeness (QED) is 0.696. The zero-order valence-electron chi connectivity index (χ0n) is 7.01. The predicted octanol–water partition coefficient (Wildman–Crippen LogP) is 1.44. The molecule has 11 heavy (non-hydrogen) atoms. The molecule has 3 heteroatoms. The van der Waals surface area contributed by atoms with Crippen molar-refractivity contribution >= 4 is 5.82 Å². The van der Waals surface area contributed by atoms with Gasteiger partial charge in [-0.2, -0.15) is 4.98 Å². The minimum atomic E-state index is 0.678. The molecular formula is C8H12N2O. The first-order chi connectivity index (χ1) is 5.27. The van der Waals surface area contributed by atoms with Crippen LogP contribution in [0.5, 0.6) is 5.88 Å². The number of hydrogen-bond acceptors (Lipinski definition) is 3. The minimum Gasteiger partial charge on any atom is -0.481 e. The van der Waals surface area contributed by atoms with Crippen LogP contribution in [0.2, 0.25) is 0 Å². The van der Waals surface area contributed by atoms with E-state index in [0.29, 0.717) is 5.88 Å². The van der Waals surface area contributed by atoms with Gasteiger partial charge in [-0.3, -0.25) is 0 Å². The second kappa shape index (κ2) is 3.23. The van der Waals surface area contributed by atoms with E-state index in [1.165, 1.54) is 0 Å². The Labute approximate surface area is 66.4 Å². The van der Waals surface area contributed by atoms with Gasteiger partial charge in [0.05, 0.1) is 7.11 Å². The first-order valence-electron chi connectivity index (χ1n) is 3.47. The molecule has 0 aliphatic rings. The third kappa shape index (κ3) is 1.61. The summed E-state index contributed by atoms with van der Waals surface area (Å²) in [4.78, 5) is 4.18. The molecule has 0 unspecified atom stereocenters. The van der Waals surface area contributed by atoms with Crippen LogP contribution >= 0.6 is 0 Å². The normalized spacial score (nSPS) is 9.36. The monoisotopic (exact) mass is 152 g/mol. The van der Waals surface area contributed by atoms with E-state index < -0.39 is 0 Å². The van der Waals surface area contributed by atoms with Gasteiger partial charge >= 0.3 is 0 Å². The van der Waals surface area contributed by atoms with Gasteiger partial charge in [-0.25, -0.2) is 0 Å². The second-order valence-corrected chi connectivity index (χ2v) is 2.27. The predicted molar refractivity (Wildman–Crippen MR) is 45.1 cm³/mol. The van der Waals surface area contributed by atoms with Crippen molar-refractivity contribution in [2.75, 3.05) is 19.5 Å². The number of nitrogens with one attached hydrogen (secondary N) is 1. The first-order valence-corrected chi connectivity index (χ1v) is 3.47. The van der Waals surface area contributed by atoms with Crippen LogP contribution in [0.1, 0.15) is 5.56 Å². The standard InChI is InChI=1S/C8H12N2O/c1-6-4-5-7(9-2)10-8(6)11-3/h4-5H,1-3H3,(H,9,10). The van der Waals surface area contributed by atoms with Gasteiger partial charge < -0.3 is 10.1 Å². The maximum absolute atomic E-state index is 5.04. The molecular weight excluding hydrogens is 140 g/mol. The topological polar surface area (TPSA) is 34.1 Å². The van der Waals surface area contributed by atoms with Crippen molar-refractivity contribution in [2.45, 2.75) is 6.92 Å². The van der Waals surface area contributed by atoms with Crippen LogP contribution in [0.25, 0.3) is 0 Å². The van der Waals surface area contributed by atoms with Crippen molar-refractivity contribution in [1.29, 1.82) is 0 Å². The van der Waals surface area contributed by atoms with E-state index in [-0.39, 0.29) is 0 Å². The van der Waals surface area contributed by atoms with Crippen LogP contribution in [0, 0.1) is 6.92 Å². The largest absolute Gasteiger partial charge is 0.481 e. The molecule has 1 aromatic rings. The Morgan fingerprint density at radius 3 is 2.73 bits per heavy atom. The van der Waals surface area contributed by atoms with Crippen LogP contribution in [0.3, 0.4) is 0 Å². The summed E-state index contributed by atoms with van der Waals surface area (Å²) in [6.07, 6.45) is 0. The Morgan fingerprint density at radius 2 is 2.18 bits per heavy atom. The zero-order chi connectivity index (χ0) is 8.27. The highest BCUT2D eigenvalue weighted by Gasteiger charge is 1.98. The van der Waals surface area contributed by atoms with Crippen LogP contribution in [0.15, 0.2) is 12.1 Å². The molecule has 0 saturated heterocycles. The molecule has 0 spiro atoms. The maximum Gasteiger partial charge on any atom is 0.217 e. The minimum absolute atomic E-state index is 0.678. The van der Waals surface area contributed by atoms with Gasteiger partial charge in [0.25, 0.3) is 0 Å². The molecule has 0 atom stereocenters. The van der Waals surface area contributed by atoms with Crippen molar-refractivity contribution in [1.82, 2.24) is 4.98 Å². The van der Waals surface area contributed by atoms with Gasteiger partial charge in [0.1, 0.15) is 5.82 Å². The summed E-state index contributed by atoms with van der Waals surface area (Å²) in [6.45, 7) is 1.96. The van der Waals surface area contributed by atoms with Crippen molar-refractivity contribution < 1.29 is 4.74 Å². The van der Waals surface area contributed by atoms with Gasteiger partial charge in [0, 0.05) is 12.6 Å². The summed E-state index contributed by atoms with van der Waals surface area (Å²) in [5.74, 6) is 1.50. The lowest BCUT2D eigenvalue weighted by molar-refractivity contribution is 0.395. The second-order valence-electron chi connectivity index (χ2n) is 2.27. The lowest BCUT2D eigenvalue weighted by Crippen LogP contribution is -1.96. The van der Waals surface area contributed by atoms with E-state index in [2.05, 4.69) is 10.3 Å². The molecule has 0 fully saturated rings. The molecule has 0 bridgehead atoms.